The van der Waals surface area contributed by atoms with Gasteiger partial charge in [-0.25, -0.2) is 39.7 Å². The van der Waals surface area contributed by atoms with Gasteiger partial charge in [-0.3, -0.25) is 38.5 Å². The van der Waals surface area contributed by atoms with Crippen molar-refractivity contribution < 1.29 is 63.1 Å². The molecular weight excluding hydrogens is 1280 g/mol. The van der Waals surface area contributed by atoms with E-state index in [2.05, 4.69) is 36.6 Å². The first kappa shape index (κ1) is 64.6. The SMILES string of the molecule is CNC(=O)C[C@@H]1NC(=O)c2csc(n2)-c2ccc(-c3nc(N(CCCCC(=O)O)C(=O)OCC4CC4C(=O)O)cs3)nc2-c2csc(n2)-c2csc(n2)[C@H]([C@@H](O)c2ccccc2)NC(=O)CNC(=O)c2nc(sc2COC)C(C(C)C)NC(=O)c2nc1sc2C. The Morgan fingerprint density at radius 1 is 0.722 bits per heavy atom. The lowest BCUT2D eigenvalue weighted by atomic mass is 10.0. The topological polar surface area (TPSA) is 369 Å². The van der Waals surface area contributed by atoms with Crippen LogP contribution in [0.1, 0.15) is 132 Å². The molecule has 6 amide bonds. The Balaban J connectivity index is 1.04. The molecule has 1 aliphatic carbocycles. The highest BCUT2D eigenvalue weighted by Crippen LogP contribution is 2.42. The highest BCUT2D eigenvalue weighted by atomic mass is 32.1. The van der Waals surface area contributed by atoms with Gasteiger partial charge in [0.25, 0.3) is 17.7 Å². The molecule has 1 aromatic carbocycles. The second-order valence-electron chi connectivity index (χ2n) is 21.2. The average Bonchev–Trinajstić information content (AvgIpc) is 1.98. The van der Waals surface area contributed by atoms with E-state index in [1.807, 2.05) is 13.8 Å². The van der Waals surface area contributed by atoms with Gasteiger partial charge >= 0.3 is 18.0 Å². The van der Waals surface area contributed by atoms with Crippen molar-refractivity contribution in [2.24, 2.45) is 17.8 Å². The summed E-state index contributed by atoms with van der Waals surface area (Å²) in [4.78, 5) is 142. The molecule has 26 nitrogen and oxygen atoms in total. The minimum atomic E-state index is -1.31. The van der Waals surface area contributed by atoms with E-state index in [0.29, 0.717) is 81.5 Å². The number of benzene rings is 1. The lowest BCUT2D eigenvalue weighted by molar-refractivity contribution is -0.139. The number of anilines is 1. The van der Waals surface area contributed by atoms with E-state index in [1.165, 1.54) is 30.4 Å². The number of aromatic nitrogens is 7. The van der Waals surface area contributed by atoms with Crippen molar-refractivity contribution in [2.75, 3.05) is 38.8 Å². The number of hydrogen-bond donors (Lipinski definition) is 8. The quantitative estimate of drug-likeness (QED) is 0.0398. The number of ether oxygens (including phenoxy) is 2. The van der Waals surface area contributed by atoms with Crippen LogP contribution in [-0.4, -0.2) is 132 Å². The van der Waals surface area contributed by atoms with Crippen LogP contribution in [0, 0.1) is 24.7 Å². The zero-order chi connectivity index (χ0) is 63.9. The summed E-state index contributed by atoms with van der Waals surface area (Å²) in [6, 6.07) is 9.23. The van der Waals surface area contributed by atoms with Crippen molar-refractivity contribution in [3.63, 3.8) is 0 Å². The Labute approximate surface area is 537 Å². The van der Waals surface area contributed by atoms with Crippen LogP contribution in [0.2, 0.25) is 0 Å². The number of carbonyl (C=O) groups excluding carboxylic acids is 6. The number of aryl methyl sites for hydroxylation is 1. The second kappa shape index (κ2) is 28.6. The number of aliphatic carboxylic acids is 2. The number of thiazole rings is 6. The van der Waals surface area contributed by atoms with Crippen LogP contribution in [0.4, 0.5) is 10.6 Å². The fourth-order valence-electron chi connectivity index (χ4n) is 9.54. The summed E-state index contributed by atoms with van der Waals surface area (Å²) in [5, 5.41) is 53.5. The van der Waals surface area contributed by atoms with Gasteiger partial charge in [-0.15, -0.1) is 68.0 Å². The summed E-state index contributed by atoms with van der Waals surface area (Å²) in [6.45, 7) is 4.81. The van der Waals surface area contributed by atoms with Gasteiger partial charge < -0.3 is 51.4 Å². The van der Waals surface area contributed by atoms with E-state index < -0.39 is 84.3 Å². The smallest absolute Gasteiger partial charge is 0.415 e. The van der Waals surface area contributed by atoms with Crippen LogP contribution in [0.25, 0.3) is 43.4 Å². The van der Waals surface area contributed by atoms with Gasteiger partial charge in [0.05, 0.1) is 54.8 Å². The summed E-state index contributed by atoms with van der Waals surface area (Å²) in [6.07, 6.45) is -1.55. The molecule has 0 saturated heterocycles. The zero-order valence-corrected chi connectivity index (χ0v) is 53.6. The first-order valence-corrected chi connectivity index (χ1v) is 33.2. The van der Waals surface area contributed by atoms with Gasteiger partial charge in [0, 0.05) is 65.0 Å². The summed E-state index contributed by atoms with van der Waals surface area (Å²) >= 11 is 6.96. The van der Waals surface area contributed by atoms with Crippen molar-refractivity contribution in [1.82, 2.24) is 61.5 Å². The van der Waals surface area contributed by atoms with Crippen molar-refractivity contribution >= 4 is 121 Å². The van der Waals surface area contributed by atoms with Crippen LogP contribution < -0.4 is 31.5 Å². The number of carboxylic acids is 2. The molecule has 8 aromatic rings. The lowest BCUT2D eigenvalue weighted by Gasteiger charge is -2.23. The molecule has 10 rings (SSSR count). The normalized spacial score (nSPS) is 18.1. The number of aliphatic hydroxyl groups excluding tert-OH is 1. The number of amides is 6. The number of aliphatic hydroxyl groups is 1. The zero-order valence-electron chi connectivity index (χ0n) is 48.7. The van der Waals surface area contributed by atoms with Crippen LogP contribution >= 0.6 is 68.0 Å². The third kappa shape index (κ3) is 15.1. The van der Waals surface area contributed by atoms with E-state index in [1.54, 1.807) is 70.9 Å². The molecule has 2 aliphatic rings. The first-order chi connectivity index (χ1) is 43.3. The van der Waals surface area contributed by atoms with Gasteiger partial charge in [0.1, 0.15) is 82.2 Å². The number of nitrogens with one attached hydrogen (secondary N) is 5. The maximum Gasteiger partial charge on any atom is 0.415 e. The minimum Gasteiger partial charge on any atom is -0.481 e. The fourth-order valence-corrected chi connectivity index (χ4v) is 15.1. The number of nitrogens with zero attached hydrogens (tertiary/aromatic N) is 8. The van der Waals surface area contributed by atoms with E-state index in [-0.39, 0.29) is 78.8 Å². The van der Waals surface area contributed by atoms with Crippen LogP contribution in [0.3, 0.4) is 0 Å². The van der Waals surface area contributed by atoms with Crippen molar-refractivity contribution in [3.8, 4) is 43.4 Å². The Kier molecular flexibility index (Phi) is 20.6. The maximum absolute atomic E-state index is 14.4. The lowest BCUT2D eigenvalue weighted by Crippen LogP contribution is -2.40. The average molecular weight is 1340 g/mol. The molecule has 1 aliphatic heterocycles. The second-order valence-corrected chi connectivity index (χ2v) is 27.0. The number of pyridine rings is 1. The predicted molar refractivity (Wildman–Crippen MR) is 336 cm³/mol. The summed E-state index contributed by atoms with van der Waals surface area (Å²) in [5.74, 6) is -6.00. The van der Waals surface area contributed by atoms with Crippen LogP contribution in [0.15, 0.2) is 64.0 Å². The monoisotopic (exact) mass is 1340 g/mol. The van der Waals surface area contributed by atoms with Crippen LogP contribution in [-0.2, 0) is 35.3 Å². The third-order valence-electron chi connectivity index (χ3n) is 14.4. The summed E-state index contributed by atoms with van der Waals surface area (Å²) in [7, 11) is 2.91. The van der Waals surface area contributed by atoms with Gasteiger partial charge in [-0.1, -0.05) is 44.2 Å². The number of unbranched alkanes of at least 4 members (excludes halogenated alkanes) is 1. The van der Waals surface area contributed by atoms with Crippen LogP contribution in [0.5, 0.6) is 0 Å². The first-order valence-electron chi connectivity index (χ1n) is 28.1. The van der Waals surface area contributed by atoms with E-state index >= 15 is 0 Å². The van der Waals surface area contributed by atoms with Crippen molar-refractivity contribution in [2.45, 2.75) is 83.7 Å². The maximum atomic E-state index is 14.4. The fraction of sp³-hybridized carbons (Fsp3) is 0.362. The molecule has 0 spiro atoms. The molecule has 1 fully saturated rings. The third-order valence-corrected chi connectivity index (χ3v) is 20.1. The summed E-state index contributed by atoms with van der Waals surface area (Å²) < 4.78 is 11.0. The minimum absolute atomic E-state index is 0.0142. The molecule has 3 unspecified atom stereocenters. The number of carbonyl (C=O) groups is 8. The largest absolute Gasteiger partial charge is 0.481 e. The highest BCUT2D eigenvalue weighted by Gasteiger charge is 2.44. The van der Waals surface area contributed by atoms with E-state index in [0.717, 1.165) is 56.7 Å². The molecular formula is C58H59N13O13S6. The molecule has 0 radical (unpaired) electrons. The number of methoxy groups -OCH3 is 1. The van der Waals surface area contributed by atoms with Gasteiger partial charge in [-0.2, -0.15) is 0 Å². The van der Waals surface area contributed by atoms with Crippen molar-refractivity contribution in [3.05, 3.63) is 111 Å². The molecule has 1 saturated carbocycles. The van der Waals surface area contributed by atoms with Gasteiger partial charge in [0.2, 0.25) is 11.8 Å². The Bertz CT molecular complexity index is 3990. The molecule has 470 valence electrons. The predicted octanol–water partition coefficient (Wildman–Crippen LogP) is 8.23. The molecule has 90 heavy (non-hydrogen) atoms. The molecule has 8 heterocycles. The summed E-state index contributed by atoms with van der Waals surface area (Å²) in [5.41, 5.74) is 2.30. The Morgan fingerprint density at radius 3 is 2.18 bits per heavy atom. The highest BCUT2D eigenvalue weighted by molar-refractivity contribution is 7.15. The van der Waals surface area contributed by atoms with E-state index in [4.69, 9.17) is 34.4 Å². The number of carboxylic acid groups (broad SMARTS) is 2. The van der Waals surface area contributed by atoms with Crippen molar-refractivity contribution in [1.29, 1.82) is 0 Å². The molecule has 7 aromatic heterocycles. The molecule has 32 heteroatoms. The van der Waals surface area contributed by atoms with Gasteiger partial charge in [0.15, 0.2) is 0 Å². The van der Waals surface area contributed by atoms with E-state index in [9.17, 15) is 53.7 Å². The standard InChI is InChI=1S/C58H59N13O13S6/c1-26(2)42-56-70-45(37(90-56)21-83-5)49(78)60-19-40(73)67-46(47(76)28-11-7-6-8-12-28)55-65-36(24-87-55)53-63-34(22-86-53)44-30(51-64-35(23-85-51)48(77)62-33(18-39(72)59-4)54-69-43(27(3)89-54)50(79)68-42)14-15-32(61-44)52-66-38(25-88-52)71(16-10-9-13-41(74)75)58(82)84-20-29-17-31(29)57(80)81/h6-8,11-12,14-15,22-26,29,31,33,42,46-47,76H,9-10,13,16-21H2,1-5H3,(H,59,72)(H,60,78)(H,62,77)(H,67,73)(H,68,79)(H,74,75)(H,80,81)/t29?,31?,33-,42?,46-,47-/m0/s1. The Hall–Kier alpha value is -8.37. The number of hydrogen-bond acceptors (Lipinski definition) is 24. The molecule has 10 bridgehead atoms. The Morgan fingerprint density at radius 2 is 1.44 bits per heavy atom. The molecule has 6 atom stereocenters. The number of rotatable bonds is 17. The molecule has 8 N–H and O–H groups in total. The number of fused-ring (bicyclic) bond motifs is 14. The van der Waals surface area contributed by atoms with Gasteiger partial charge in [-0.05, 0) is 49.8 Å².